The first-order valence-corrected chi connectivity index (χ1v) is 5.72. The van der Waals surface area contributed by atoms with Crippen LogP contribution in [0, 0.1) is 0 Å². The van der Waals surface area contributed by atoms with Gasteiger partial charge < -0.3 is 15.8 Å². The predicted molar refractivity (Wildman–Crippen MR) is 68.0 cm³/mol. The van der Waals surface area contributed by atoms with Crippen LogP contribution in [0.2, 0.25) is 0 Å². The lowest BCUT2D eigenvalue weighted by Crippen LogP contribution is -2.42. The molecule has 6 nitrogen and oxygen atoms in total. The third-order valence-electron chi connectivity index (χ3n) is 2.43. The van der Waals surface area contributed by atoms with E-state index in [2.05, 4.69) is 5.32 Å². The summed E-state index contributed by atoms with van der Waals surface area (Å²) in [5, 5.41) is 2.47. The van der Waals surface area contributed by atoms with Crippen LogP contribution >= 0.6 is 0 Å². The molecule has 0 bridgehead atoms. The van der Waals surface area contributed by atoms with Gasteiger partial charge in [-0.05, 0) is 24.6 Å². The third kappa shape index (κ3) is 4.79. The van der Waals surface area contributed by atoms with E-state index in [-0.39, 0.29) is 18.5 Å². The highest BCUT2D eigenvalue weighted by molar-refractivity contribution is 5.97. The van der Waals surface area contributed by atoms with Gasteiger partial charge in [0.25, 0.3) is 5.91 Å². The van der Waals surface area contributed by atoms with Gasteiger partial charge in [0.2, 0.25) is 5.91 Å². The molecule has 6 heteroatoms. The zero-order chi connectivity index (χ0) is 14.4. The minimum Gasteiger partial charge on any atom is -0.461 e. The van der Waals surface area contributed by atoms with Crippen molar-refractivity contribution >= 4 is 17.8 Å². The maximum atomic E-state index is 11.7. The van der Waals surface area contributed by atoms with E-state index < -0.39 is 11.9 Å². The molecule has 0 aliphatic carbocycles. The van der Waals surface area contributed by atoms with Gasteiger partial charge in [-0.1, -0.05) is 12.1 Å². The van der Waals surface area contributed by atoms with E-state index in [1.54, 1.807) is 24.3 Å². The normalized spacial score (nSPS) is 11.5. The Hall–Kier alpha value is -2.37. The molecule has 0 heterocycles. The second-order valence-corrected chi connectivity index (χ2v) is 4.07. The van der Waals surface area contributed by atoms with Crippen molar-refractivity contribution in [3.05, 3.63) is 35.4 Å². The van der Waals surface area contributed by atoms with Crippen LogP contribution in [0.4, 0.5) is 0 Å². The van der Waals surface area contributed by atoms with Crippen LogP contribution in [-0.4, -0.2) is 23.8 Å². The number of carbonyl (C=O) groups is 3. The van der Waals surface area contributed by atoms with Crippen LogP contribution in [0.1, 0.15) is 29.8 Å². The smallest absolute Gasteiger partial charge is 0.302 e. The van der Waals surface area contributed by atoms with Crippen molar-refractivity contribution < 1.29 is 19.1 Å². The molecule has 1 rings (SSSR count). The van der Waals surface area contributed by atoms with Gasteiger partial charge in [0.1, 0.15) is 12.6 Å². The predicted octanol–water partition coefficient (Wildman–Crippen LogP) is 0.353. The van der Waals surface area contributed by atoms with Crippen molar-refractivity contribution in [2.24, 2.45) is 5.73 Å². The molecule has 0 aliphatic rings. The second kappa shape index (κ2) is 6.53. The largest absolute Gasteiger partial charge is 0.461 e. The summed E-state index contributed by atoms with van der Waals surface area (Å²) < 4.78 is 4.82. The first-order chi connectivity index (χ1) is 8.90. The number of ether oxygens (including phenoxy) is 1. The van der Waals surface area contributed by atoms with E-state index >= 15 is 0 Å². The Morgan fingerprint density at radius 3 is 2.32 bits per heavy atom. The molecule has 19 heavy (non-hydrogen) atoms. The number of nitrogens with two attached hydrogens (primary N) is 1. The highest BCUT2D eigenvalue weighted by Crippen LogP contribution is 2.06. The van der Waals surface area contributed by atoms with Crippen molar-refractivity contribution in [2.45, 2.75) is 26.5 Å². The number of primary amides is 1. The molecule has 102 valence electrons. The van der Waals surface area contributed by atoms with Gasteiger partial charge in [-0.15, -0.1) is 0 Å². The molecule has 1 aromatic rings. The van der Waals surface area contributed by atoms with E-state index in [0.29, 0.717) is 5.56 Å². The van der Waals surface area contributed by atoms with Crippen LogP contribution in [0.3, 0.4) is 0 Å². The fourth-order valence-corrected chi connectivity index (χ4v) is 1.29. The minimum atomic E-state index is -0.728. The minimum absolute atomic E-state index is 0.162. The average molecular weight is 264 g/mol. The standard InChI is InChI=1S/C13H16N2O4/c1-8(12(14)17)15-13(18)11-5-3-10(4-6-11)7-19-9(2)16/h3-6,8H,7H2,1-2H3,(H2,14,17)(H,15,18)/t8-/m0/s1. The van der Waals surface area contributed by atoms with Crippen LogP contribution in [0.25, 0.3) is 0 Å². The summed E-state index contributed by atoms with van der Waals surface area (Å²) >= 11 is 0. The molecule has 1 atom stereocenters. The van der Waals surface area contributed by atoms with E-state index in [1.807, 2.05) is 0 Å². The summed E-state index contributed by atoms with van der Waals surface area (Å²) in [4.78, 5) is 33.2. The summed E-state index contributed by atoms with van der Waals surface area (Å²) in [7, 11) is 0. The van der Waals surface area contributed by atoms with Crippen LogP contribution in [0.5, 0.6) is 0 Å². The maximum Gasteiger partial charge on any atom is 0.302 e. The highest BCUT2D eigenvalue weighted by atomic mass is 16.5. The number of amides is 2. The molecular formula is C13H16N2O4. The first kappa shape index (κ1) is 14.7. The van der Waals surface area contributed by atoms with Gasteiger partial charge >= 0.3 is 5.97 Å². The van der Waals surface area contributed by atoms with Gasteiger partial charge in [0.05, 0.1) is 0 Å². The third-order valence-corrected chi connectivity index (χ3v) is 2.43. The summed E-state index contributed by atoms with van der Waals surface area (Å²) in [5.41, 5.74) is 6.23. The highest BCUT2D eigenvalue weighted by Gasteiger charge is 2.13. The van der Waals surface area contributed by atoms with Crippen LogP contribution < -0.4 is 11.1 Å². The molecule has 0 saturated heterocycles. The molecule has 1 aromatic carbocycles. The number of carbonyl (C=O) groups excluding carboxylic acids is 3. The second-order valence-electron chi connectivity index (χ2n) is 4.07. The zero-order valence-electron chi connectivity index (χ0n) is 10.8. The van der Waals surface area contributed by atoms with Crippen molar-refractivity contribution in [3.63, 3.8) is 0 Å². The number of benzene rings is 1. The number of rotatable bonds is 5. The quantitative estimate of drug-likeness (QED) is 0.750. The zero-order valence-corrected chi connectivity index (χ0v) is 10.8. The Labute approximate surface area is 110 Å². The number of hydrogen-bond donors (Lipinski definition) is 2. The van der Waals surface area contributed by atoms with Crippen molar-refractivity contribution in [1.29, 1.82) is 0 Å². The molecule has 0 spiro atoms. The van der Waals surface area contributed by atoms with Crippen LogP contribution in [-0.2, 0) is 20.9 Å². The average Bonchev–Trinajstić information content (AvgIpc) is 2.36. The van der Waals surface area contributed by atoms with E-state index in [0.717, 1.165) is 5.56 Å². The lowest BCUT2D eigenvalue weighted by molar-refractivity contribution is -0.142. The van der Waals surface area contributed by atoms with Gasteiger partial charge in [-0.2, -0.15) is 0 Å². The Balaban J connectivity index is 2.62. The summed E-state index contributed by atoms with van der Waals surface area (Å²) in [6, 6.07) is 5.79. The molecule has 0 unspecified atom stereocenters. The molecule has 0 aliphatic heterocycles. The van der Waals surface area contributed by atoms with E-state index in [9.17, 15) is 14.4 Å². The molecule has 0 aromatic heterocycles. The van der Waals surface area contributed by atoms with Crippen molar-refractivity contribution in [3.8, 4) is 0 Å². The number of nitrogens with one attached hydrogen (secondary N) is 1. The summed E-state index contributed by atoms with van der Waals surface area (Å²) in [5.74, 6) is -1.35. The topological polar surface area (TPSA) is 98.5 Å². The maximum absolute atomic E-state index is 11.7. The molecule has 2 amide bonds. The number of hydrogen-bond acceptors (Lipinski definition) is 4. The van der Waals surface area contributed by atoms with Crippen LogP contribution in [0.15, 0.2) is 24.3 Å². The molecule has 0 radical (unpaired) electrons. The molecule has 0 fully saturated rings. The fraction of sp³-hybridized carbons (Fsp3) is 0.308. The molecular weight excluding hydrogens is 248 g/mol. The molecule has 3 N–H and O–H groups in total. The Kier molecular flexibility index (Phi) is 5.05. The van der Waals surface area contributed by atoms with Gasteiger partial charge in [-0.25, -0.2) is 0 Å². The lowest BCUT2D eigenvalue weighted by atomic mass is 10.1. The Bertz CT molecular complexity index is 482. The van der Waals surface area contributed by atoms with Crippen molar-refractivity contribution in [2.75, 3.05) is 0 Å². The lowest BCUT2D eigenvalue weighted by Gasteiger charge is -2.10. The summed E-state index contributed by atoms with van der Waals surface area (Å²) in [6.45, 7) is 3.00. The van der Waals surface area contributed by atoms with Gasteiger partial charge in [-0.3, -0.25) is 14.4 Å². The first-order valence-electron chi connectivity index (χ1n) is 5.72. The van der Waals surface area contributed by atoms with Gasteiger partial charge in [0.15, 0.2) is 0 Å². The van der Waals surface area contributed by atoms with Crippen molar-refractivity contribution in [1.82, 2.24) is 5.32 Å². The molecule has 0 saturated carbocycles. The Morgan fingerprint density at radius 2 is 1.84 bits per heavy atom. The SMILES string of the molecule is CC(=O)OCc1ccc(C(=O)N[C@@H](C)C(N)=O)cc1. The Morgan fingerprint density at radius 1 is 1.26 bits per heavy atom. The number of esters is 1. The van der Waals surface area contributed by atoms with E-state index in [1.165, 1.54) is 13.8 Å². The van der Waals surface area contributed by atoms with E-state index in [4.69, 9.17) is 10.5 Å². The summed E-state index contributed by atoms with van der Waals surface area (Å²) in [6.07, 6.45) is 0. The monoisotopic (exact) mass is 264 g/mol. The fourth-order valence-electron chi connectivity index (χ4n) is 1.29. The van der Waals surface area contributed by atoms with Gasteiger partial charge in [0, 0.05) is 12.5 Å².